The van der Waals surface area contributed by atoms with E-state index in [0.29, 0.717) is 0 Å². The second-order valence-electron chi connectivity index (χ2n) is 3.04. The van der Waals surface area contributed by atoms with Crippen LogP contribution in [-0.2, 0) is 0 Å². The molecule has 0 amide bonds. The molecule has 0 saturated carbocycles. The number of hydrogen-bond acceptors (Lipinski definition) is 2. The van der Waals surface area contributed by atoms with Gasteiger partial charge in [0.05, 0.1) is 0 Å². The van der Waals surface area contributed by atoms with Crippen molar-refractivity contribution in [3.8, 4) is 0 Å². The Morgan fingerprint density at radius 3 is 2.77 bits per heavy atom. The van der Waals surface area contributed by atoms with Crippen molar-refractivity contribution in [1.29, 1.82) is 0 Å². The third-order valence-electron chi connectivity index (χ3n) is 2.02. The van der Waals surface area contributed by atoms with Gasteiger partial charge in [-0.25, -0.2) is 0 Å². The van der Waals surface area contributed by atoms with Crippen LogP contribution in [0.4, 0.5) is 5.69 Å². The molecular weight excluding hydrogens is 160 g/mol. The summed E-state index contributed by atoms with van der Waals surface area (Å²) in [6, 6.07) is 7.83. The van der Waals surface area contributed by atoms with Gasteiger partial charge in [-0.3, -0.25) is 0 Å². The van der Waals surface area contributed by atoms with Crippen molar-refractivity contribution in [2.75, 3.05) is 19.3 Å². The molecule has 0 radical (unpaired) electrons. The van der Waals surface area contributed by atoms with E-state index in [2.05, 4.69) is 11.9 Å². The van der Waals surface area contributed by atoms with E-state index in [1.807, 2.05) is 31.3 Å². The largest absolute Gasteiger partial charge is 0.398 e. The predicted octanol–water partition coefficient (Wildman–Crippen LogP) is 1.89. The zero-order valence-corrected chi connectivity index (χ0v) is 8.01. The summed E-state index contributed by atoms with van der Waals surface area (Å²) in [5, 5.41) is 3.09. The first-order valence-electron chi connectivity index (χ1n) is 4.43. The van der Waals surface area contributed by atoms with E-state index < -0.39 is 0 Å². The number of rotatable bonds is 4. The molecular formula is C11H16N2. The van der Waals surface area contributed by atoms with Crippen LogP contribution in [0, 0.1) is 0 Å². The van der Waals surface area contributed by atoms with Crippen molar-refractivity contribution >= 4 is 11.3 Å². The molecule has 0 aromatic heterocycles. The van der Waals surface area contributed by atoms with E-state index in [9.17, 15) is 0 Å². The molecule has 2 heteroatoms. The summed E-state index contributed by atoms with van der Waals surface area (Å²) in [4.78, 5) is 0. The highest BCUT2D eigenvalue weighted by Gasteiger charge is 2.01. The standard InChI is InChI=1S/C11H16N2/c1-9(7-8-13-2)10-5-3-4-6-11(10)12/h3-6,13H,1,7-8,12H2,2H3. The summed E-state index contributed by atoms with van der Waals surface area (Å²) in [6.45, 7) is 4.94. The minimum Gasteiger partial charge on any atom is -0.398 e. The highest BCUT2D eigenvalue weighted by atomic mass is 14.8. The van der Waals surface area contributed by atoms with Crippen molar-refractivity contribution in [1.82, 2.24) is 5.32 Å². The highest BCUT2D eigenvalue weighted by Crippen LogP contribution is 2.21. The van der Waals surface area contributed by atoms with E-state index in [4.69, 9.17) is 5.73 Å². The van der Waals surface area contributed by atoms with Crippen LogP contribution in [0.25, 0.3) is 5.57 Å². The first-order valence-corrected chi connectivity index (χ1v) is 4.43. The Hall–Kier alpha value is -1.28. The number of para-hydroxylation sites is 1. The monoisotopic (exact) mass is 176 g/mol. The van der Waals surface area contributed by atoms with Gasteiger partial charge in [-0.1, -0.05) is 24.8 Å². The molecule has 0 unspecified atom stereocenters. The Bertz CT molecular complexity index is 292. The molecule has 0 saturated heterocycles. The van der Waals surface area contributed by atoms with E-state index >= 15 is 0 Å². The summed E-state index contributed by atoms with van der Waals surface area (Å²) in [6.07, 6.45) is 0.935. The van der Waals surface area contributed by atoms with Gasteiger partial charge in [0.1, 0.15) is 0 Å². The fourth-order valence-corrected chi connectivity index (χ4v) is 1.23. The zero-order valence-electron chi connectivity index (χ0n) is 8.01. The molecule has 3 N–H and O–H groups in total. The van der Waals surface area contributed by atoms with Gasteiger partial charge in [0.15, 0.2) is 0 Å². The van der Waals surface area contributed by atoms with E-state index in [1.165, 1.54) is 0 Å². The summed E-state index contributed by atoms with van der Waals surface area (Å²) < 4.78 is 0. The van der Waals surface area contributed by atoms with Gasteiger partial charge in [0.25, 0.3) is 0 Å². The van der Waals surface area contributed by atoms with E-state index in [-0.39, 0.29) is 0 Å². The lowest BCUT2D eigenvalue weighted by atomic mass is 10.0. The minimum atomic E-state index is 0.809. The van der Waals surface area contributed by atoms with Crippen molar-refractivity contribution in [2.24, 2.45) is 0 Å². The minimum absolute atomic E-state index is 0.809. The quantitative estimate of drug-likeness (QED) is 0.687. The van der Waals surface area contributed by atoms with Crippen LogP contribution in [0.2, 0.25) is 0 Å². The third-order valence-corrected chi connectivity index (χ3v) is 2.02. The summed E-state index contributed by atoms with van der Waals surface area (Å²) in [5.74, 6) is 0. The van der Waals surface area contributed by atoms with Crippen LogP contribution in [0.15, 0.2) is 30.8 Å². The van der Waals surface area contributed by atoms with E-state index in [0.717, 1.165) is 29.8 Å². The van der Waals surface area contributed by atoms with Gasteiger partial charge in [0, 0.05) is 11.3 Å². The van der Waals surface area contributed by atoms with Crippen LogP contribution >= 0.6 is 0 Å². The molecule has 70 valence electrons. The molecule has 1 aromatic carbocycles. The average Bonchev–Trinajstić information content (AvgIpc) is 2.15. The van der Waals surface area contributed by atoms with Gasteiger partial charge >= 0.3 is 0 Å². The lowest BCUT2D eigenvalue weighted by molar-refractivity contribution is 0.816. The average molecular weight is 176 g/mol. The van der Waals surface area contributed by atoms with Crippen LogP contribution in [-0.4, -0.2) is 13.6 Å². The maximum absolute atomic E-state index is 5.81. The van der Waals surface area contributed by atoms with Gasteiger partial charge in [-0.15, -0.1) is 0 Å². The maximum Gasteiger partial charge on any atom is 0.0390 e. The first kappa shape index (κ1) is 9.81. The Balaban J connectivity index is 2.71. The van der Waals surface area contributed by atoms with Crippen LogP contribution in [0.3, 0.4) is 0 Å². The molecule has 1 aromatic rings. The Kier molecular flexibility index (Phi) is 3.53. The normalized spacial score (nSPS) is 9.92. The number of nitrogens with two attached hydrogens (primary N) is 1. The molecule has 0 spiro atoms. The first-order chi connectivity index (χ1) is 6.25. The van der Waals surface area contributed by atoms with Gasteiger partial charge in [-0.2, -0.15) is 0 Å². The molecule has 2 nitrogen and oxygen atoms in total. The molecule has 0 heterocycles. The topological polar surface area (TPSA) is 38.0 Å². The highest BCUT2D eigenvalue weighted by molar-refractivity contribution is 5.73. The number of anilines is 1. The Morgan fingerprint density at radius 2 is 2.15 bits per heavy atom. The van der Waals surface area contributed by atoms with Crippen molar-refractivity contribution in [3.05, 3.63) is 36.4 Å². The molecule has 0 aliphatic heterocycles. The second-order valence-corrected chi connectivity index (χ2v) is 3.04. The van der Waals surface area contributed by atoms with Crippen molar-refractivity contribution in [3.63, 3.8) is 0 Å². The van der Waals surface area contributed by atoms with Crippen LogP contribution in [0.1, 0.15) is 12.0 Å². The van der Waals surface area contributed by atoms with Crippen molar-refractivity contribution in [2.45, 2.75) is 6.42 Å². The number of nitrogens with one attached hydrogen (secondary N) is 1. The molecule has 0 aliphatic rings. The van der Waals surface area contributed by atoms with Crippen molar-refractivity contribution < 1.29 is 0 Å². The zero-order chi connectivity index (χ0) is 9.68. The molecule has 0 fully saturated rings. The molecule has 0 atom stereocenters. The number of hydrogen-bond donors (Lipinski definition) is 2. The smallest absolute Gasteiger partial charge is 0.0390 e. The fraction of sp³-hybridized carbons (Fsp3) is 0.273. The van der Waals surface area contributed by atoms with Gasteiger partial charge in [0.2, 0.25) is 0 Å². The lowest BCUT2D eigenvalue weighted by Crippen LogP contribution is -2.08. The second kappa shape index (κ2) is 4.67. The molecule has 1 rings (SSSR count). The summed E-state index contributed by atoms with van der Waals surface area (Å²) >= 11 is 0. The predicted molar refractivity (Wildman–Crippen MR) is 58.4 cm³/mol. The molecule has 0 bridgehead atoms. The SMILES string of the molecule is C=C(CCNC)c1ccccc1N. The molecule has 13 heavy (non-hydrogen) atoms. The van der Waals surface area contributed by atoms with Gasteiger partial charge in [-0.05, 0) is 31.7 Å². The Labute approximate surface area is 79.5 Å². The van der Waals surface area contributed by atoms with Crippen LogP contribution in [0.5, 0.6) is 0 Å². The van der Waals surface area contributed by atoms with E-state index in [1.54, 1.807) is 0 Å². The summed E-state index contributed by atoms with van der Waals surface area (Å²) in [7, 11) is 1.93. The fourth-order valence-electron chi connectivity index (χ4n) is 1.23. The number of nitrogen functional groups attached to an aromatic ring is 1. The molecule has 0 aliphatic carbocycles. The summed E-state index contributed by atoms with van der Waals surface area (Å²) in [5.41, 5.74) is 8.78. The van der Waals surface area contributed by atoms with Crippen LogP contribution < -0.4 is 11.1 Å². The van der Waals surface area contributed by atoms with Gasteiger partial charge < -0.3 is 11.1 Å². The number of benzene rings is 1. The maximum atomic E-state index is 5.81. The lowest BCUT2D eigenvalue weighted by Gasteiger charge is -2.07. The third kappa shape index (κ3) is 2.60. The Morgan fingerprint density at radius 1 is 1.46 bits per heavy atom.